The average molecular weight is 846 g/mol. The van der Waals surface area contributed by atoms with Crippen molar-refractivity contribution in [2.24, 2.45) is 22.9 Å². The number of hydrogen-bond acceptors (Lipinski definition) is 20. The third kappa shape index (κ3) is 8.79. The van der Waals surface area contributed by atoms with E-state index in [9.17, 15) is 54.8 Å². The summed E-state index contributed by atoms with van der Waals surface area (Å²) in [7, 11) is 2.02. The molecule has 0 bridgehead atoms. The molecule has 2 aromatic rings. The lowest BCUT2D eigenvalue weighted by Gasteiger charge is -2.48. The standard InChI is InChI=1S/C18H20FN3O4.C18H36N4O11/c1-10-9-26-17-14-11(16(23)12(18(24)25)8-22(10)14)7-13(19)15(17)21-5-3-20(2)4-6-21;19-2-6-10(25)12(27)13(28)18(30-6)33-16-5(21)1-4(20)15(14(16)29)32-17-11(26)8(22)9(24)7(3-23)31-17/h7-8,10H,3-6,9H2,1-2H3,(H,24,25);4-18,23-29H,1-3,19-22H2/t;4-,5+,6-,7-,8+,9-,10-,11-,12+,13-,14-,15+,16-,17-,18-/m.1/s1. The summed E-state index contributed by atoms with van der Waals surface area (Å²) in [6.45, 7) is 4.31. The Labute approximate surface area is 337 Å². The summed E-state index contributed by atoms with van der Waals surface area (Å²) in [4.78, 5) is 28.1. The summed E-state index contributed by atoms with van der Waals surface area (Å²) >= 11 is 0. The van der Waals surface area contributed by atoms with E-state index in [0.717, 1.165) is 19.2 Å². The second kappa shape index (κ2) is 18.4. The molecule has 1 unspecified atom stereocenters. The van der Waals surface area contributed by atoms with Gasteiger partial charge in [-0.3, -0.25) is 4.79 Å². The van der Waals surface area contributed by atoms with Gasteiger partial charge in [0.15, 0.2) is 24.1 Å². The fourth-order valence-corrected chi connectivity index (χ4v) is 8.09. The van der Waals surface area contributed by atoms with E-state index in [1.54, 1.807) is 4.57 Å². The number of likely N-dealkylation sites (N-methyl/N-ethyl adjacent to an activating group) is 1. The van der Waals surface area contributed by atoms with Crippen molar-refractivity contribution in [2.45, 2.75) is 111 Å². The first kappa shape index (κ1) is 45.3. The molecule has 1 saturated carbocycles. The largest absolute Gasteiger partial charge is 0.487 e. The molecule has 0 radical (unpaired) electrons. The van der Waals surface area contributed by atoms with Gasteiger partial charge in [-0.15, -0.1) is 0 Å². The average Bonchev–Trinajstić information content (AvgIpc) is 3.20. The number of pyridine rings is 1. The minimum atomic E-state index is -1.66. The van der Waals surface area contributed by atoms with Gasteiger partial charge in [0.1, 0.15) is 78.9 Å². The zero-order valence-electron chi connectivity index (χ0n) is 32.5. The van der Waals surface area contributed by atoms with Gasteiger partial charge in [-0.25, -0.2) is 9.18 Å². The molecule has 23 heteroatoms. The summed E-state index contributed by atoms with van der Waals surface area (Å²) in [6.07, 6.45) is -15.1. The molecular weight excluding hydrogens is 789 g/mol. The fourth-order valence-electron chi connectivity index (χ4n) is 8.09. The number of carboxylic acid groups (broad SMARTS) is 1. The first-order valence-electron chi connectivity index (χ1n) is 19.4. The van der Waals surface area contributed by atoms with Crippen molar-refractivity contribution in [2.75, 3.05) is 57.9 Å². The van der Waals surface area contributed by atoms with Gasteiger partial charge in [0.05, 0.1) is 29.6 Å². The van der Waals surface area contributed by atoms with Crippen LogP contribution in [0.5, 0.6) is 5.75 Å². The highest BCUT2D eigenvalue weighted by atomic mass is 19.1. The maximum absolute atomic E-state index is 15.0. The number of halogens is 1. The molecule has 5 aliphatic rings. The van der Waals surface area contributed by atoms with Gasteiger partial charge in [-0.05, 0) is 26.5 Å². The molecule has 1 aliphatic carbocycles. The van der Waals surface area contributed by atoms with Gasteiger partial charge in [0.2, 0.25) is 5.43 Å². The van der Waals surface area contributed by atoms with Crippen molar-refractivity contribution >= 4 is 22.6 Å². The van der Waals surface area contributed by atoms with Crippen molar-refractivity contribution in [3.05, 3.63) is 33.9 Å². The van der Waals surface area contributed by atoms with Crippen LogP contribution < -0.4 is 38.0 Å². The molecule has 16 N–H and O–H groups in total. The van der Waals surface area contributed by atoms with Crippen LogP contribution >= 0.6 is 0 Å². The molecule has 22 nitrogen and oxygen atoms in total. The molecular formula is C36H56FN7O15. The van der Waals surface area contributed by atoms with E-state index < -0.39 is 116 Å². The van der Waals surface area contributed by atoms with Crippen LogP contribution in [0, 0.1) is 5.82 Å². The molecule has 5 heterocycles. The summed E-state index contributed by atoms with van der Waals surface area (Å²) < 4.78 is 44.7. The number of hydrogen-bond donors (Lipinski definition) is 12. The van der Waals surface area contributed by atoms with Crippen LogP contribution in [0.15, 0.2) is 17.1 Å². The van der Waals surface area contributed by atoms with Crippen LogP contribution in [0.4, 0.5) is 10.1 Å². The third-order valence-electron chi connectivity index (χ3n) is 11.7. The molecule has 0 amide bonds. The SMILES string of the molecule is CC1COc2c(N3CCN(C)CC3)c(F)cc3c(=O)c(C(=O)O)cn1c23.NC[C@H]1O[C@H](O[C@H]2[C@H](O)[C@@H](O[C@H]3O[C@H](CO)[C@@H](O)[C@H](N)[C@H]3O)[C@H](N)C[C@@H]2N)[C@H](O)[C@@H](O)[C@@H]1O. The van der Waals surface area contributed by atoms with Crippen molar-refractivity contribution < 1.29 is 73.7 Å². The Morgan fingerprint density at radius 2 is 1.47 bits per heavy atom. The van der Waals surface area contributed by atoms with Crippen molar-refractivity contribution in [3.8, 4) is 5.75 Å². The Bertz CT molecular complexity index is 1800. The van der Waals surface area contributed by atoms with E-state index in [4.69, 9.17) is 46.6 Å². The second-order valence-corrected chi connectivity index (χ2v) is 15.8. The van der Waals surface area contributed by atoms with Crippen LogP contribution in [0.3, 0.4) is 0 Å². The minimum Gasteiger partial charge on any atom is -0.487 e. The van der Waals surface area contributed by atoms with Crippen LogP contribution in [-0.4, -0.2) is 201 Å². The Morgan fingerprint density at radius 3 is 2.05 bits per heavy atom. The predicted octanol–water partition coefficient (Wildman–Crippen LogP) is -5.75. The van der Waals surface area contributed by atoms with Crippen LogP contribution in [0.2, 0.25) is 0 Å². The zero-order valence-corrected chi connectivity index (χ0v) is 32.5. The minimum absolute atomic E-state index is 0.0434. The topological polar surface area (TPSA) is 358 Å². The van der Waals surface area contributed by atoms with E-state index in [1.165, 1.54) is 6.20 Å². The number of aliphatic hydroxyl groups excluding tert-OH is 7. The monoisotopic (exact) mass is 845 g/mol. The summed E-state index contributed by atoms with van der Waals surface area (Å²) in [5.41, 5.74) is 23.3. The molecule has 16 atom stereocenters. The molecule has 0 spiro atoms. The van der Waals surface area contributed by atoms with Crippen LogP contribution in [0.25, 0.3) is 10.9 Å². The third-order valence-corrected chi connectivity index (χ3v) is 11.7. The zero-order chi connectivity index (χ0) is 43.2. The lowest BCUT2D eigenvalue weighted by molar-refractivity contribution is -0.332. The number of aromatic nitrogens is 1. The number of piperazine rings is 1. The van der Waals surface area contributed by atoms with Crippen LogP contribution in [0.1, 0.15) is 29.7 Å². The molecule has 4 aliphatic heterocycles. The Morgan fingerprint density at radius 1 is 0.881 bits per heavy atom. The molecule has 1 aromatic carbocycles. The summed E-state index contributed by atoms with van der Waals surface area (Å²) in [5.74, 6) is -1.54. The summed E-state index contributed by atoms with van der Waals surface area (Å²) in [5, 5.41) is 80.3. The smallest absolute Gasteiger partial charge is 0.341 e. The number of carboxylic acids is 1. The van der Waals surface area contributed by atoms with Gasteiger partial charge in [0.25, 0.3) is 0 Å². The van der Waals surface area contributed by atoms with Gasteiger partial charge in [-0.1, -0.05) is 0 Å². The highest BCUT2D eigenvalue weighted by molar-refractivity contribution is 5.97. The Hall–Kier alpha value is -3.21. The maximum atomic E-state index is 15.0. The van der Waals surface area contributed by atoms with E-state index in [1.807, 2.05) is 18.9 Å². The number of benzene rings is 1. The molecule has 4 fully saturated rings. The number of rotatable bonds is 8. The predicted molar refractivity (Wildman–Crippen MR) is 203 cm³/mol. The lowest BCUT2D eigenvalue weighted by Crippen LogP contribution is -2.68. The van der Waals surface area contributed by atoms with Gasteiger partial charge in [0, 0.05) is 51.0 Å². The van der Waals surface area contributed by atoms with E-state index in [-0.39, 0.29) is 36.6 Å². The van der Waals surface area contributed by atoms with E-state index >= 15 is 0 Å². The van der Waals surface area contributed by atoms with Gasteiger partial charge in [-0.2, -0.15) is 0 Å². The number of anilines is 1. The van der Waals surface area contributed by atoms with Gasteiger partial charge < -0.3 is 102 Å². The Kier molecular flexibility index (Phi) is 14.1. The highest BCUT2D eigenvalue weighted by Crippen LogP contribution is 2.42. The number of aliphatic hydroxyl groups is 7. The molecule has 332 valence electrons. The van der Waals surface area contributed by atoms with Gasteiger partial charge >= 0.3 is 5.97 Å². The molecule has 1 aromatic heterocycles. The lowest BCUT2D eigenvalue weighted by atomic mass is 9.84. The second-order valence-electron chi connectivity index (χ2n) is 15.8. The van der Waals surface area contributed by atoms with E-state index in [2.05, 4.69) is 4.90 Å². The number of nitrogens with zero attached hydrogens (tertiary/aromatic N) is 3. The first-order valence-corrected chi connectivity index (χ1v) is 19.4. The molecule has 3 saturated heterocycles. The van der Waals surface area contributed by atoms with Crippen molar-refractivity contribution in [1.29, 1.82) is 0 Å². The molecule has 59 heavy (non-hydrogen) atoms. The number of aromatic carboxylic acids is 1. The maximum Gasteiger partial charge on any atom is 0.341 e. The van der Waals surface area contributed by atoms with Crippen LogP contribution in [-0.2, 0) is 18.9 Å². The number of nitrogens with two attached hydrogens (primary N) is 4. The van der Waals surface area contributed by atoms with Crippen molar-refractivity contribution in [1.82, 2.24) is 9.47 Å². The fraction of sp³-hybridized carbons (Fsp3) is 0.722. The first-order chi connectivity index (χ1) is 27.9. The highest BCUT2D eigenvalue weighted by Gasteiger charge is 2.51. The molecule has 7 rings (SSSR count). The Balaban J connectivity index is 0.000000203. The normalized spacial score (nSPS) is 39.0. The number of carbonyl (C=O) groups is 1. The summed E-state index contributed by atoms with van der Waals surface area (Å²) in [6, 6.07) is -1.87. The van der Waals surface area contributed by atoms with Crippen molar-refractivity contribution in [3.63, 3.8) is 0 Å². The number of ether oxygens (including phenoxy) is 5. The van der Waals surface area contributed by atoms with E-state index in [0.29, 0.717) is 30.0 Å². The quantitative estimate of drug-likeness (QED) is 0.118.